The summed E-state index contributed by atoms with van der Waals surface area (Å²) in [5.74, 6) is 0.254. The van der Waals surface area contributed by atoms with E-state index in [2.05, 4.69) is 41.0 Å². The molecule has 4 nitrogen and oxygen atoms in total. The molecule has 0 bridgehead atoms. The highest BCUT2D eigenvalue weighted by atomic mass is 32.1. The van der Waals surface area contributed by atoms with Crippen LogP contribution < -0.4 is 10.6 Å². The van der Waals surface area contributed by atoms with E-state index >= 15 is 0 Å². The van der Waals surface area contributed by atoms with Crippen LogP contribution in [0.25, 0.3) is 10.4 Å². The van der Waals surface area contributed by atoms with Crippen molar-refractivity contribution in [3.63, 3.8) is 0 Å². The van der Waals surface area contributed by atoms with Crippen LogP contribution >= 0.6 is 11.3 Å². The second kappa shape index (κ2) is 7.73. The Morgan fingerprint density at radius 1 is 1.00 bits per heavy atom. The Bertz CT molecular complexity index is 1110. The molecule has 0 spiro atoms. The first-order chi connectivity index (χ1) is 14.6. The molecule has 30 heavy (non-hydrogen) atoms. The molecular formula is C25H24N2O2S. The maximum absolute atomic E-state index is 12.9. The van der Waals surface area contributed by atoms with Gasteiger partial charge < -0.3 is 10.6 Å². The van der Waals surface area contributed by atoms with Crippen molar-refractivity contribution in [2.24, 2.45) is 5.92 Å². The number of fused-ring (bicyclic) bond motifs is 3. The molecule has 2 aliphatic carbocycles. The van der Waals surface area contributed by atoms with Crippen LogP contribution in [0.15, 0.2) is 54.6 Å². The lowest BCUT2D eigenvalue weighted by molar-refractivity contribution is -0.117. The average molecular weight is 417 g/mol. The molecule has 0 radical (unpaired) electrons. The number of thiophene rings is 1. The normalized spacial score (nSPS) is 15.6. The Morgan fingerprint density at radius 3 is 2.50 bits per heavy atom. The number of benzene rings is 2. The van der Waals surface area contributed by atoms with Gasteiger partial charge in [0.25, 0.3) is 5.91 Å². The van der Waals surface area contributed by atoms with Crippen LogP contribution in [0.1, 0.15) is 52.2 Å². The summed E-state index contributed by atoms with van der Waals surface area (Å²) in [5.41, 5.74) is 5.71. The van der Waals surface area contributed by atoms with E-state index in [1.165, 1.54) is 21.6 Å². The average Bonchev–Trinajstić information content (AvgIpc) is 3.52. The van der Waals surface area contributed by atoms with Gasteiger partial charge in [0.05, 0.1) is 10.9 Å². The van der Waals surface area contributed by atoms with Gasteiger partial charge in [0.2, 0.25) is 5.91 Å². The van der Waals surface area contributed by atoms with Crippen LogP contribution in [0.2, 0.25) is 0 Å². The highest BCUT2D eigenvalue weighted by Gasteiger charge is 2.29. The number of aryl methyl sites for hydroxylation is 2. The molecule has 1 atom stereocenters. The number of carbonyl (C=O) groups is 2. The van der Waals surface area contributed by atoms with E-state index in [9.17, 15) is 9.59 Å². The molecule has 2 aliphatic rings. The minimum absolute atomic E-state index is 0.0366. The molecule has 0 aliphatic heterocycles. The van der Waals surface area contributed by atoms with Crippen molar-refractivity contribution in [1.29, 1.82) is 0 Å². The lowest BCUT2D eigenvalue weighted by atomic mass is 9.91. The molecule has 1 unspecified atom stereocenters. The predicted molar refractivity (Wildman–Crippen MR) is 121 cm³/mol. The van der Waals surface area contributed by atoms with E-state index in [0.717, 1.165) is 41.8 Å². The maximum Gasteiger partial charge on any atom is 0.261 e. The Hall–Kier alpha value is -2.92. The van der Waals surface area contributed by atoms with E-state index in [4.69, 9.17) is 0 Å². The fourth-order valence-corrected chi connectivity index (χ4v) is 5.15. The minimum Gasteiger partial charge on any atom is -0.345 e. The third-order valence-corrected chi connectivity index (χ3v) is 7.14. The van der Waals surface area contributed by atoms with Crippen molar-refractivity contribution >= 4 is 28.8 Å². The van der Waals surface area contributed by atoms with Crippen LogP contribution in [-0.2, 0) is 17.6 Å². The van der Waals surface area contributed by atoms with Crippen molar-refractivity contribution in [3.05, 3.63) is 76.2 Å². The first-order valence-corrected chi connectivity index (χ1v) is 11.3. The molecule has 1 heterocycles. The van der Waals surface area contributed by atoms with Crippen LogP contribution in [0.4, 0.5) is 5.69 Å². The highest BCUT2D eigenvalue weighted by Crippen LogP contribution is 2.39. The zero-order chi connectivity index (χ0) is 20.7. The largest absolute Gasteiger partial charge is 0.345 e. The maximum atomic E-state index is 12.9. The van der Waals surface area contributed by atoms with E-state index in [0.29, 0.717) is 0 Å². The van der Waals surface area contributed by atoms with Gasteiger partial charge in [0.15, 0.2) is 0 Å². The zero-order valence-corrected chi connectivity index (χ0v) is 17.7. The van der Waals surface area contributed by atoms with E-state index < -0.39 is 0 Å². The molecule has 0 saturated heterocycles. The molecule has 1 aromatic heterocycles. The molecule has 5 rings (SSSR count). The summed E-state index contributed by atoms with van der Waals surface area (Å²) in [6.45, 7) is 1.98. The number of carbonyl (C=O) groups excluding carboxylic acids is 2. The number of anilines is 1. The summed E-state index contributed by atoms with van der Waals surface area (Å²) in [5, 5.41) is 6.07. The third-order valence-electron chi connectivity index (χ3n) is 5.93. The fraction of sp³-hybridized carbons (Fsp3) is 0.280. The number of rotatable bonds is 5. The number of hydrogen-bond acceptors (Lipinski definition) is 3. The minimum atomic E-state index is -0.114. The summed E-state index contributed by atoms with van der Waals surface area (Å²) >= 11 is 1.58. The molecule has 5 heteroatoms. The summed E-state index contributed by atoms with van der Waals surface area (Å²) < 4.78 is 0. The quantitative estimate of drug-likeness (QED) is 0.589. The summed E-state index contributed by atoms with van der Waals surface area (Å²) in [6.07, 6.45) is 4.00. The lowest BCUT2D eigenvalue weighted by Crippen LogP contribution is -2.25. The van der Waals surface area contributed by atoms with Gasteiger partial charge in [-0.15, -0.1) is 11.3 Å². The second-order valence-electron chi connectivity index (χ2n) is 8.20. The van der Waals surface area contributed by atoms with Crippen LogP contribution in [0.5, 0.6) is 0 Å². The standard InChI is InChI=1S/C25H24N2O2S/c1-15(16-10-12-20(13-11-16)27-24(28)18-7-8-18)26-25(29)22-14-19-9-6-17-4-2-3-5-21(17)23(19)30-22/h2-5,10-15,18H,6-9H2,1H3,(H,26,29)(H,27,28). The van der Waals surface area contributed by atoms with Gasteiger partial charge in [-0.3, -0.25) is 9.59 Å². The van der Waals surface area contributed by atoms with Crippen molar-refractivity contribution in [1.82, 2.24) is 5.32 Å². The topological polar surface area (TPSA) is 58.2 Å². The zero-order valence-electron chi connectivity index (χ0n) is 16.9. The third kappa shape index (κ3) is 3.77. The predicted octanol–water partition coefficient (Wildman–Crippen LogP) is 5.35. The van der Waals surface area contributed by atoms with Gasteiger partial charge in [-0.2, -0.15) is 0 Å². The van der Waals surface area contributed by atoms with Gasteiger partial charge >= 0.3 is 0 Å². The number of hydrogen-bond donors (Lipinski definition) is 2. The van der Waals surface area contributed by atoms with Gasteiger partial charge in [0, 0.05) is 16.5 Å². The molecule has 1 fully saturated rings. The van der Waals surface area contributed by atoms with Gasteiger partial charge in [-0.25, -0.2) is 0 Å². The van der Waals surface area contributed by atoms with Crippen LogP contribution in [0, 0.1) is 5.92 Å². The van der Waals surface area contributed by atoms with Crippen LogP contribution in [0.3, 0.4) is 0 Å². The molecule has 3 aromatic rings. The summed E-state index contributed by atoms with van der Waals surface area (Å²) in [4.78, 5) is 26.8. The second-order valence-corrected chi connectivity index (χ2v) is 9.26. The molecule has 1 saturated carbocycles. The Balaban J connectivity index is 1.27. The molecule has 152 valence electrons. The first-order valence-electron chi connectivity index (χ1n) is 10.5. The van der Waals surface area contributed by atoms with Crippen molar-refractivity contribution in [3.8, 4) is 10.4 Å². The Morgan fingerprint density at radius 2 is 1.73 bits per heavy atom. The van der Waals surface area contributed by atoms with E-state index in [1.54, 1.807) is 11.3 Å². The van der Waals surface area contributed by atoms with Crippen LogP contribution in [-0.4, -0.2) is 11.8 Å². The van der Waals surface area contributed by atoms with Gasteiger partial charge in [0.1, 0.15) is 0 Å². The number of amides is 2. The Labute approximate surface area is 180 Å². The van der Waals surface area contributed by atoms with Crippen molar-refractivity contribution < 1.29 is 9.59 Å². The summed E-state index contributed by atoms with van der Waals surface area (Å²) in [7, 11) is 0. The fourth-order valence-electron chi connectivity index (χ4n) is 3.98. The SMILES string of the molecule is CC(NC(=O)c1cc2c(s1)-c1ccccc1CC2)c1ccc(NC(=O)C2CC2)cc1. The van der Waals surface area contributed by atoms with Crippen molar-refractivity contribution in [2.75, 3.05) is 5.32 Å². The smallest absolute Gasteiger partial charge is 0.261 e. The Kier molecular flexibility index (Phi) is 4.91. The van der Waals surface area contributed by atoms with E-state index in [1.807, 2.05) is 31.2 Å². The first kappa shape index (κ1) is 19.1. The van der Waals surface area contributed by atoms with Crippen molar-refractivity contribution in [2.45, 2.75) is 38.6 Å². The highest BCUT2D eigenvalue weighted by molar-refractivity contribution is 7.17. The summed E-state index contributed by atoms with van der Waals surface area (Å²) in [6, 6.07) is 18.1. The van der Waals surface area contributed by atoms with E-state index in [-0.39, 0.29) is 23.8 Å². The molecule has 2 aromatic carbocycles. The molecule has 2 N–H and O–H groups in total. The monoisotopic (exact) mass is 416 g/mol. The van der Waals surface area contributed by atoms with Gasteiger partial charge in [-0.1, -0.05) is 36.4 Å². The van der Waals surface area contributed by atoms with Gasteiger partial charge in [-0.05, 0) is 73.1 Å². The molecule has 2 amide bonds. The molecular weight excluding hydrogens is 392 g/mol. The lowest BCUT2D eigenvalue weighted by Gasteiger charge is -2.15. The number of nitrogens with one attached hydrogen (secondary N) is 2.